The van der Waals surface area contributed by atoms with E-state index in [0.29, 0.717) is 38.7 Å². The number of likely N-dealkylation sites (tertiary alicyclic amines) is 2. The Balaban J connectivity index is 1.09. The van der Waals surface area contributed by atoms with Gasteiger partial charge >= 0.3 is 0 Å². The normalized spacial score (nSPS) is 21.5. The van der Waals surface area contributed by atoms with Gasteiger partial charge in [-0.25, -0.2) is 0 Å². The van der Waals surface area contributed by atoms with Crippen molar-refractivity contribution in [3.63, 3.8) is 0 Å². The van der Waals surface area contributed by atoms with Gasteiger partial charge in [0.15, 0.2) is 0 Å². The first-order chi connectivity index (χ1) is 19.1. The van der Waals surface area contributed by atoms with Gasteiger partial charge in [0.25, 0.3) is 0 Å². The molecule has 0 unspecified atom stereocenters. The predicted molar refractivity (Wildman–Crippen MR) is 155 cm³/mol. The Bertz CT molecular complexity index is 1070. The molecule has 3 aliphatic rings. The molecular weight excluding hydrogens is 486 g/mol. The van der Waals surface area contributed by atoms with Crippen molar-refractivity contribution in [3.05, 3.63) is 65.7 Å². The summed E-state index contributed by atoms with van der Waals surface area (Å²) >= 11 is 0. The Morgan fingerprint density at radius 3 is 2.44 bits per heavy atom. The molecule has 0 aromatic heterocycles. The Morgan fingerprint density at radius 2 is 1.64 bits per heavy atom. The second kappa shape index (κ2) is 13.5. The van der Waals surface area contributed by atoms with Gasteiger partial charge in [0, 0.05) is 13.1 Å². The van der Waals surface area contributed by atoms with Crippen LogP contribution in [0, 0.1) is 11.3 Å². The summed E-state index contributed by atoms with van der Waals surface area (Å²) in [6.07, 6.45) is 10.1. The van der Waals surface area contributed by atoms with E-state index in [-0.39, 0.29) is 17.2 Å². The maximum Gasteiger partial charge on any atom is 0.236 e. The summed E-state index contributed by atoms with van der Waals surface area (Å²) in [5.74, 6) is 2.01. The second-order valence-electron chi connectivity index (χ2n) is 11.8. The van der Waals surface area contributed by atoms with E-state index in [0.717, 1.165) is 83.0 Å². The standard InChI is InChI=1S/C33H45N3O3/c37-31(26-35-20-14-28(15-21-35)25-27-9-3-1-4-10-27)36-22-17-33(18-23-36)16-8-2-5-11-29-12-6-7-13-30(29)39-24-19-34-32(33)38/h1,3-4,6-7,9-10,12-13,28H,2,5,8,11,14-26H2,(H,34,38). The number of amides is 2. The molecule has 3 heterocycles. The lowest BCUT2D eigenvalue weighted by Crippen LogP contribution is -2.52. The van der Waals surface area contributed by atoms with E-state index in [4.69, 9.17) is 4.74 Å². The van der Waals surface area contributed by atoms with E-state index in [9.17, 15) is 9.59 Å². The van der Waals surface area contributed by atoms with Crippen LogP contribution in [0.3, 0.4) is 0 Å². The lowest BCUT2D eigenvalue weighted by Gasteiger charge is -2.41. The molecule has 2 aromatic rings. The number of carbonyl (C=O) groups excluding carboxylic acids is 2. The van der Waals surface area contributed by atoms with Gasteiger partial charge < -0.3 is 15.0 Å². The quantitative estimate of drug-likeness (QED) is 0.612. The second-order valence-corrected chi connectivity index (χ2v) is 11.8. The highest BCUT2D eigenvalue weighted by Crippen LogP contribution is 2.38. The zero-order valence-corrected chi connectivity index (χ0v) is 23.4. The van der Waals surface area contributed by atoms with Crippen LogP contribution in [-0.4, -0.2) is 67.5 Å². The van der Waals surface area contributed by atoms with Crippen molar-refractivity contribution < 1.29 is 14.3 Å². The van der Waals surface area contributed by atoms with E-state index < -0.39 is 0 Å². The van der Waals surface area contributed by atoms with Crippen molar-refractivity contribution in [3.8, 4) is 5.75 Å². The van der Waals surface area contributed by atoms with Crippen LogP contribution in [0.4, 0.5) is 0 Å². The van der Waals surface area contributed by atoms with Crippen molar-refractivity contribution in [2.45, 2.75) is 64.2 Å². The van der Waals surface area contributed by atoms with Gasteiger partial charge in [-0.3, -0.25) is 14.5 Å². The average Bonchev–Trinajstić information content (AvgIpc) is 2.98. The van der Waals surface area contributed by atoms with Gasteiger partial charge in [-0.05, 0) is 87.6 Å². The highest BCUT2D eigenvalue weighted by Gasteiger charge is 2.41. The molecule has 2 aromatic carbocycles. The minimum Gasteiger partial charge on any atom is -0.491 e. The van der Waals surface area contributed by atoms with E-state index in [1.54, 1.807) is 0 Å². The van der Waals surface area contributed by atoms with Gasteiger partial charge in [0.1, 0.15) is 12.4 Å². The van der Waals surface area contributed by atoms with Gasteiger partial charge in [-0.1, -0.05) is 61.4 Å². The zero-order valence-electron chi connectivity index (χ0n) is 23.4. The Kier molecular flexibility index (Phi) is 9.57. The highest BCUT2D eigenvalue weighted by atomic mass is 16.5. The smallest absolute Gasteiger partial charge is 0.236 e. The molecule has 0 radical (unpaired) electrons. The molecule has 1 spiro atoms. The van der Waals surface area contributed by atoms with Crippen LogP contribution in [0.2, 0.25) is 0 Å². The Morgan fingerprint density at radius 1 is 0.897 bits per heavy atom. The lowest BCUT2D eigenvalue weighted by molar-refractivity contribution is -0.142. The Labute approximate surface area is 234 Å². The number of nitrogens with zero attached hydrogens (tertiary/aromatic N) is 2. The molecule has 2 amide bonds. The number of nitrogens with one attached hydrogen (secondary N) is 1. The maximum atomic E-state index is 13.4. The van der Waals surface area contributed by atoms with Crippen LogP contribution in [0.15, 0.2) is 54.6 Å². The molecule has 6 heteroatoms. The number of fused-ring (bicyclic) bond motifs is 1. The number of hydrogen-bond acceptors (Lipinski definition) is 4. The topological polar surface area (TPSA) is 61.9 Å². The van der Waals surface area contributed by atoms with E-state index >= 15 is 0 Å². The average molecular weight is 532 g/mol. The summed E-state index contributed by atoms with van der Waals surface area (Å²) in [6, 6.07) is 19.0. The predicted octanol–water partition coefficient (Wildman–Crippen LogP) is 4.86. The number of para-hydroxylation sites is 1. The number of carbonyl (C=O) groups is 2. The van der Waals surface area contributed by atoms with Crippen LogP contribution in [0.1, 0.15) is 62.5 Å². The minimum absolute atomic E-state index is 0.145. The molecule has 0 aliphatic carbocycles. The summed E-state index contributed by atoms with van der Waals surface area (Å²) < 4.78 is 6.01. The van der Waals surface area contributed by atoms with Gasteiger partial charge in [0.2, 0.25) is 11.8 Å². The van der Waals surface area contributed by atoms with Crippen LogP contribution in [-0.2, 0) is 22.4 Å². The van der Waals surface area contributed by atoms with Crippen molar-refractivity contribution in [1.82, 2.24) is 15.1 Å². The summed E-state index contributed by atoms with van der Waals surface area (Å²) in [5.41, 5.74) is 2.30. The molecule has 210 valence electrons. The number of ether oxygens (including phenoxy) is 1. The fraction of sp³-hybridized carbons (Fsp3) is 0.576. The SMILES string of the molecule is O=C(CN1CCC(Cc2ccccc2)CC1)N1CCC2(CCCCCc3ccccc3OCCNC2=O)CC1. The molecule has 0 bridgehead atoms. The third kappa shape index (κ3) is 7.42. The third-order valence-corrected chi connectivity index (χ3v) is 9.21. The van der Waals surface area contributed by atoms with Gasteiger partial charge in [0.05, 0.1) is 18.5 Å². The summed E-state index contributed by atoms with van der Waals surface area (Å²) in [4.78, 5) is 31.0. The molecule has 3 aliphatic heterocycles. The van der Waals surface area contributed by atoms with Crippen LogP contribution < -0.4 is 10.1 Å². The van der Waals surface area contributed by atoms with Crippen molar-refractivity contribution in [2.24, 2.45) is 11.3 Å². The molecule has 2 fully saturated rings. The van der Waals surface area contributed by atoms with Crippen molar-refractivity contribution in [1.29, 1.82) is 0 Å². The van der Waals surface area contributed by atoms with E-state index in [1.807, 2.05) is 17.0 Å². The maximum absolute atomic E-state index is 13.4. The van der Waals surface area contributed by atoms with E-state index in [2.05, 4.69) is 52.7 Å². The third-order valence-electron chi connectivity index (χ3n) is 9.21. The number of piperidine rings is 2. The number of hydrogen-bond donors (Lipinski definition) is 1. The zero-order chi connectivity index (χ0) is 26.9. The first-order valence-corrected chi connectivity index (χ1v) is 15.1. The van der Waals surface area contributed by atoms with Gasteiger partial charge in [-0.15, -0.1) is 0 Å². The Hall–Kier alpha value is -2.86. The van der Waals surface area contributed by atoms with E-state index in [1.165, 1.54) is 11.1 Å². The molecular formula is C33H45N3O3. The highest BCUT2D eigenvalue weighted by molar-refractivity contribution is 5.83. The molecule has 1 N–H and O–H groups in total. The largest absolute Gasteiger partial charge is 0.491 e. The first kappa shape index (κ1) is 27.7. The monoisotopic (exact) mass is 531 g/mol. The first-order valence-electron chi connectivity index (χ1n) is 15.1. The minimum atomic E-state index is -0.368. The fourth-order valence-corrected chi connectivity index (χ4v) is 6.68. The van der Waals surface area contributed by atoms with Crippen LogP contribution in [0.25, 0.3) is 0 Å². The molecule has 2 saturated heterocycles. The molecule has 0 saturated carbocycles. The number of rotatable bonds is 4. The molecule has 6 nitrogen and oxygen atoms in total. The molecule has 39 heavy (non-hydrogen) atoms. The summed E-state index contributed by atoms with van der Waals surface area (Å²) in [6.45, 7) is 4.85. The fourth-order valence-electron chi connectivity index (χ4n) is 6.68. The summed E-state index contributed by atoms with van der Waals surface area (Å²) in [7, 11) is 0. The van der Waals surface area contributed by atoms with Crippen molar-refractivity contribution >= 4 is 11.8 Å². The van der Waals surface area contributed by atoms with Crippen LogP contribution >= 0.6 is 0 Å². The van der Waals surface area contributed by atoms with Gasteiger partial charge in [-0.2, -0.15) is 0 Å². The number of benzene rings is 2. The molecule has 0 atom stereocenters. The number of aryl methyl sites for hydroxylation is 1. The van der Waals surface area contributed by atoms with Crippen molar-refractivity contribution in [2.75, 3.05) is 45.9 Å². The summed E-state index contributed by atoms with van der Waals surface area (Å²) in [5, 5.41) is 3.17. The van der Waals surface area contributed by atoms with Crippen LogP contribution in [0.5, 0.6) is 5.75 Å². The lowest BCUT2D eigenvalue weighted by atomic mass is 9.73. The molecule has 5 rings (SSSR count).